The molecule has 2 N–H and O–H groups in total. The third kappa shape index (κ3) is 5.55. The minimum Gasteiger partial charge on any atom is -0.491 e. The Bertz CT molecular complexity index is 1130. The number of nitrogens with zero attached hydrogens (tertiary/aromatic N) is 6. The molecule has 2 aliphatic heterocycles. The average molecular weight is 499 g/mol. The number of aromatic nitrogens is 4. The number of hydrogen-bond donors (Lipinski definition) is 2. The number of pyridine rings is 1. The Morgan fingerprint density at radius 2 is 2.00 bits per heavy atom. The first-order valence-electron chi connectivity index (χ1n) is 12.4. The number of hydrogen-bond acceptors (Lipinski definition) is 9. The maximum atomic E-state index is 6.01. The Morgan fingerprint density at radius 3 is 2.83 bits per heavy atom. The molecule has 3 aromatic heterocycles. The predicted octanol–water partition coefficient (Wildman–Crippen LogP) is 2.75. The van der Waals surface area contributed by atoms with Crippen LogP contribution in [-0.4, -0.2) is 79.1 Å². The topological polar surface area (TPSA) is 92.1 Å². The number of nitrogens with one attached hydrogen (secondary N) is 2. The van der Waals surface area contributed by atoms with Crippen molar-refractivity contribution in [1.29, 1.82) is 0 Å². The molecule has 0 bridgehead atoms. The van der Waals surface area contributed by atoms with Gasteiger partial charge in [0.1, 0.15) is 5.65 Å². The maximum Gasteiger partial charge on any atom is 0.227 e. The number of fused-ring (bicyclic) bond motifs is 1. The minimum absolute atomic E-state index is 0. The van der Waals surface area contributed by atoms with Crippen molar-refractivity contribution in [2.24, 2.45) is 5.92 Å². The number of imidazole rings is 1. The highest BCUT2D eigenvalue weighted by atomic mass is 16.5. The van der Waals surface area contributed by atoms with Crippen LogP contribution >= 0.6 is 0 Å². The molecule has 0 aromatic carbocycles. The second-order valence-electron chi connectivity index (χ2n) is 9.81. The van der Waals surface area contributed by atoms with E-state index >= 15 is 0 Å². The molecule has 2 fully saturated rings. The third-order valence-electron chi connectivity index (χ3n) is 6.85. The van der Waals surface area contributed by atoms with Crippen molar-refractivity contribution < 1.29 is 10.9 Å². The van der Waals surface area contributed by atoms with Gasteiger partial charge >= 0.3 is 0 Å². The van der Waals surface area contributed by atoms with E-state index in [-0.39, 0.29) is 14.4 Å². The molecule has 2 saturated heterocycles. The Balaban J connectivity index is 0.00000190. The molecule has 10 nitrogen and oxygen atoms in total. The van der Waals surface area contributed by atoms with Gasteiger partial charge in [0.05, 0.1) is 44.1 Å². The first-order chi connectivity index (χ1) is 17.0. The van der Waals surface area contributed by atoms with Gasteiger partial charge in [0, 0.05) is 46.3 Å². The molecule has 198 valence electrons. The molecular formula is C26H42N8O2. The molecule has 0 amide bonds. The molecule has 0 unspecified atom stereocenters. The van der Waals surface area contributed by atoms with Gasteiger partial charge in [0.2, 0.25) is 5.95 Å². The SMILES string of the molecule is C.COc1cnc(N2CCCNCC2)nc1N1CC(COCNC(C)(C)c2cnc3ccccn23)C1.[HH]. The van der Waals surface area contributed by atoms with Crippen LogP contribution in [0, 0.1) is 5.92 Å². The molecule has 0 radical (unpaired) electrons. The number of methoxy groups -OCH3 is 1. The summed E-state index contributed by atoms with van der Waals surface area (Å²) in [5.41, 5.74) is 1.79. The van der Waals surface area contributed by atoms with Crippen LogP contribution in [-0.2, 0) is 10.3 Å². The summed E-state index contributed by atoms with van der Waals surface area (Å²) < 4.78 is 13.7. The maximum absolute atomic E-state index is 6.01. The first-order valence-corrected chi connectivity index (χ1v) is 12.4. The Labute approximate surface area is 215 Å². The molecule has 0 atom stereocenters. The lowest BCUT2D eigenvalue weighted by Gasteiger charge is -2.40. The monoisotopic (exact) mass is 498 g/mol. The van der Waals surface area contributed by atoms with Crippen LogP contribution in [0.25, 0.3) is 5.65 Å². The highest BCUT2D eigenvalue weighted by Gasteiger charge is 2.31. The lowest BCUT2D eigenvalue weighted by molar-refractivity contribution is 0.0596. The van der Waals surface area contributed by atoms with Gasteiger partial charge in [-0.2, -0.15) is 4.98 Å². The quantitative estimate of drug-likeness (QED) is 0.341. The second kappa shape index (κ2) is 11.4. The van der Waals surface area contributed by atoms with Crippen LogP contribution in [0.3, 0.4) is 0 Å². The summed E-state index contributed by atoms with van der Waals surface area (Å²) in [6, 6.07) is 6.04. The minimum atomic E-state index is -0.264. The van der Waals surface area contributed by atoms with E-state index in [2.05, 4.69) is 48.6 Å². The number of anilines is 2. The van der Waals surface area contributed by atoms with Gasteiger partial charge in [0.15, 0.2) is 11.6 Å². The molecule has 36 heavy (non-hydrogen) atoms. The third-order valence-corrected chi connectivity index (χ3v) is 6.85. The summed E-state index contributed by atoms with van der Waals surface area (Å²) in [5, 5.41) is 6.95. The molecule has 5 rings (SSSR count). The fourth-order valence-electron chi connectivity index (χ4n) is 4.71. The highest BCUT2D eigenvalue weighted by Crippen LogP contribution is 2.32. The van der Waals surface area contributed by atoms with Gasteiger partial charge < -0.3 is 29.0 Å². The molecule has 0 spiro atoms. The summed E-state index contributed by atoms with van der Waals surface area (Å²) in [6.07, 6.45) is 6.86. The zero-order valence-corrected chi connectivity index (χ0v) is 20.9. The van der Waals surface area contributed by atoms with E-state index in [1.807, 2.05) is 30.6 Å². The molecule has 3 aromatic rings. The summed E-state index contributed by atoms with van der Waals surface area (Å²) in [4.78, 5) is 18.4. The Hall–Kier alpha value is -2.95. The number of rotatable bonds is 9. The largest absolute Gasteiger partial charge is 0.491 e. The molecule has 0 aliphatic carbocycles. The summed E-state index contributed by atoms with van der Waals surface area (Å²) in [6.45, 7) is 11.1. The van der Waals surface area contributed by atoms with Crippen molar-refractivity contribution in [3.63, 3.8) is 0 Å². The van der Waals surface area contributed by atoms with Gasteiger partial charge in [-0.1, -0.05) is 13.5 Å². The van der Waals surface area contributed by atoms with Crippen molar-refractivity contribution in [2.75, 3.05) is 69.5 Å². The van der Waals surface area contributed by atoms with Crippen LogP contribution in [0.15, 0.2) is 36.8 Å². The molecule has 10 heteroatoms. The smallest absolute Gasteiger partial charge is 0.227 e. The van der Waals surface area contributed by atoms with Crippen LogP contribution in [0.2, 0.25) is 0 Å². The van der Waals surface area contributed by atoms with Gasteiger partial charge in [-0.05, 0) is 38.9 Å². The van der Waals surface area contributed by atoms with Crippen LogP contribution in [0.5, 0.6) is 5.75 Å². The standard InChI is InChI=1S/C25H36N8O2.CH4.H2/c1-25(2,21-14-27-22-7-4-5-11-33(21)22)29-18-35-17-19-15-32(16-19)23-20(34-3)13-28-24(30-23)31-10-6-8-26-9-12-31;;/h4-5,7,11,13-14,19,26,29H,6,8-10,12,15-18H2,1-3H3;1H4;1H. The van der Waals surface area contributed by atoms with Crippen molar-refractivity contribution >= 4 is 17.4 Å². The molecule has 0 saturated carbocycles. The van der Waals surface area contributed by atoms with E-state index in [9.17, 15) is 0 Å². The Morgan fingerprint density at radius 1 is 1.14 bits per heavy atom. The van der Waals surface area contributed by atoms with Crippen LogP contribution < -0.4 is 25.2 Å². The van der Waals surface area contributed by atoms with Crippen LogP contribution in [0.1, 0.15) is 34.8 Å². The molecule has 5 heterocycles. The van der Waals surface area contributed by atoms with Gasteiger partial charge in [0.25, 0.3) is 0 Å². The van der Waals surface area contributed by atoms with E-state index in [0.717, 1.165) is 74.5 Å². The highest BCUT2D eigenvalue weighted by molar-refractivity contribution is 5.56. The Kier molecular flexibility index (Phi) is 8.28. The zero-order chi connectivity index (χ0) is 24.3. The van der Waals surface area contributed by atoms with Crippen molar-refractivity contribution in [1.82, 2.24) is 30.0 Å². The predicted molar refractivity (Wildman–Crippen MR) is 145 cm³/mol. The molecular weight excluding hydrogens is 456 g/mol. The first kappa shape index (κ1) is 26.1. The van der Waals surface area contributed by atoms with Crippen LogP contribution in [0.4, 0.5) is 11.8 Å². The van der Waals surface area contributed by atoms with Crippen molar-refractivity contribution in [3.8, 4) is 5.75 Å². The average Bonchev–Trinajstić information content (AvgIpc) is 3.10. The van der Waals surface area contributed by atoms with Gasteiger partial charge in [-0.3, -0.25) is 5.32 Å². The fraction of sp³-hybridized carbons (Fsp3) is 0.577. The lowest BCUT2D eigenvalue weighted by atomic mass is 10.0. The number of ether oxygens (including phenoxy) is 2. The van der Waals surface area contributed by atoms with Crippen molar-refractivity contribution in [3.05, 3.63) is 42.5 Å². The normalized spacial score (nSPS) is 17.0. The second-order valence-corrected chi connectivity index (χ2v) is 9.81. The summed E-state index contributed by atoms with van der Waals surface area (Å²) >= 11 is 0. The lowest BCUT2D eigenvalue weighted by Crippen LogP contribution is -2.50. The summed E-state index contributed by atoms with van der Waals surface area (Å²) in [7, 11) is 1.68. The molecule has 2 aliphatic rings. The zero-order valence-electron chi connectivity index (χ0n) is 20.9. The van der Waals surface area contributed by atoms with E-state index in [4.69, 9.17) is 14.5 Å². The van der Waals surface area contributed by atoms with E-state index in [1.165, 1.54) is 0 Å². The fourth-order valence-corrected chi connectivity index (χ4v) is 4.71. The van der Waals surface area contributed by atoms with Crippen molar-refractivity contribution in [2.45, 2.75) is 33.2 Å². The van der Waals surface area contributed by atoms with Gasteiger partial charge in [-0.25, -0.2) is 9.97 Å². The summed E-state index contributed by atoms with van der Waals surface area (Å²) in [5.74, 6) is 2.83. The van der Waals surface area contributed by atoms with E-state index in [1.54, 1.807) is 13.3 Å². The van der Waals surface area contributed by atoms with E-state index in [0.29, 0.717) is 19.3 Å². The van der Waals surface area contributed by atoms with E-state index < -0.39 is 0 Å². The van der Waals surface area contributed by atoms with Gasteiger partial charge in [-0.15, -0.1) is 0 Å².